The molecule has 0 saturated carbocycles. The molecule has 1 atom stereocenters. The van der Waals surface area contributed by atoms with Gasteiger partial charge in [0.1, 0.15) is 11.5 Å². The van der Waals surface area contributed by atoms with E-state index in [1.165, 1.54) is 0 Å². The van der Waals surface area contributed by atoms with Crippen molar-refractivity contribution in [2.24, 2.45) is 0 Å². The average Bonchev–Trinajstić information content (AvgIpc) is 2.80. The van der Waals surface area contributed by atoms with Gasteiger partial charge in [0.05, 0.1) is 31.1 Å². The van der Waals surface area contributed by atoms with Crippen molar-refractivity contribution in [2.75, 3.05) is 43.0 Å². The first-order valence-corrected chi connectivity index (χ1v) is 11.0. The molecule has 0 spiro atoms. The van der Waals surface area contributed by atoms with Crippen molar-refractivity contribution in [3.63, 3.8) is 0 Å². The summed E-state index contributed by atoms with van der Waals surface area (Å²) in [5, 5.41) is 2.94. The van der Waals surface area contributed by atoms with Gasteiger partial charge in [-0.3, -0.25) is 9.59 Å². The topological polar surface area (TPSA) is 71.1 Å². The van der Waals surface area contributed by atoms with Gasteiger partial charge in [0.25, 0.3) is 5.91 Å². The Bertz CT molecular complexity index is 927. The van der Waals surface area contributed by atoms with E-state index in [1.54, 1.807) is 0 Å². The molecule has 2 heterocycles. The molecule has 2 aromatic rings. The molecule has 0 aliphatic carbocycles. The second-order valence-electron chi connectivity index (χ2n) is 7.82. The summed E-state index contributed by atoms with van der Waals surface area (Å²) in [6, 6.07) is 14.9. The van der Waals surface area contributed by atoms with Crippen LogP contribution in [0.3, 0.4) is 0 Å². The molecule has 164 valence electrons. The number of nitrogens with one attached hydrogen (secondary N) is 1. The van der Waals surface area contributed by atoms with Crippen molar-refractivity contribution in [1.82, 2.24) is 4.90 Å². The fourth-order valence-electron chi connectivity index (χ4n) is 4.12. The van der Waals surface area contributed by atoms with Crippen LogP contribution in [0.15, 0.2) is 48.5 Å². The van der Waals surface area contributed by atoms with Crippen LogP contribution in [0.4, 0.5) is 11.4 Å². The molecule has 1 N–H and O–H groups in total. The zero-order valence-electron chi connectivity index (χ0n) is 17.9. The normalized spacial score (nSPS) is 18.0. The number of amides is 2. The second kappa shape index (κ2) is 9.73. The van der Waals surface area contributed by atoms with Gasteiger partial charge in [-0.05, 0) is 50.5 Å². The van der Waals surface area contributed by atoms with Crippen LogP contribution in [-0.2, 0) is 9.59 Å². The Morgan fingerprint density at radius 2 is 1.81 bits per heavy atom. The van der Waals surface area contributed by atoms with Crippen LogP contribution in [0.1, 0.15) is 26.2 Å². The maximum Gasteiger partial charge on any atom is 0.265 e. The number of para-hydroxylation sites is 4. The molecule has 2 aliphatic rings. The Balaban J connectivity index is 1.48. The van der Waals surface area contributed by atoms with E-state index < -0.39 is 6.10 Å². The number of carbonyl (C=O) groups excluding carboxylic acids is 2. The van der Waals surface area contributed by atoms with Crippen molar-refractivity contribution >= 4 is 23.2 Å². The lowest BCUT2D eigenvalue weighted by Crippen LogP contribution is -2.52. The number of anilines is 2. The van der Waals surface area contributed by atoms with E-state index in [0.717, 1.165) is 38.0 Å². The lowest BCUT2D eigenvalue weighted by atomic mass is 10.1. The molecule has 31 heavy (non-hydrogen) atoms. The first-order valence-electron chi connectivity index (χ1n) is 11.0. The molecular weight excluding hydrogens is 394 g/mol. The molecule has 0 aromatic heterocycles. The van der Waals surface area contributed by atoms with Gasteiger partial charge in [-0.1, -0.05) is 24.3 Å². The maximum atomic E-state index is 13.1. The predicted molar refractivity (Wildman–Crippen MR) is 120 cm³/mol. The fourth-order valence-corrected chi connectivity index (χ4v) is 4.12. The van der Waals surface area contributed by atoms with E-state index in [2.05, 4.69) is 5.32 Å². The zero-order valence-corrected chi connectivity index (χ0v) is 17.9. The number of nitrogens with zero attached hydrogens (tertiary/aromatic N) is 2. The lowest BCUT2D eigenvalue weighted by Gasteiger charge is -2.38. The van der Waals surface area contributed by atoms with Gasteiger partial charge < -0.3 is 24.6 Å². The Kier molecular flexibility index (Phi) is 6.60. The van der Waals surface area contributed by atoms with Crippen LogP contribution in [0, 0.1) is 0 Å². The average molecular weight is 424 g/mol. The van der Waals surface area contributed by atoms with E-state index in [-0.39, 0.29) is 18.4 Å². The van der Waals surface area contributed by atoms with Crippen molar-refractivity contribution in [3.05, 3.63) is 48.5 Å². The molecule has 2 aromatic carbocycles. The molecule has 1 fully saturated rings. The minimum absolute atomic E-state index is 0.00121. The predicted octanol–water partition coefficient (Wildman–Crippen LogP) is 3.30. The first kappa shape index (κ1) is 21.0. The van der Waals surface area contributed by atoms with Crippen LogP contribution in [0.25, 0.3) is 0 Å². The molecule has 2 aliphatic heterocycles. The van der Waals surface area contributed by atoms with E-state index in [0.29, 0.717) is 30.3 Å². The van der Waals surface area contributed by atoms with E-state index >= 15 is 0 Å². The minimum atomic E-state index is -0.614. The number of piperidine rings is 1. The Morgan fingerprint density at radius 3 is 2.61 bits per heavy atom. The van der Waals surface area contributed by atoms with Gasteiger partial charge in [-0.2, -0.15) is 0 Å². The third-order valence-electron chi connectivity index (χ3n) is 5.60. The summed E-state index contributed by atoms with van der Waals surface area (Å²) in [5.41, 5.74) is 1.45. The second-order valence-corrected chi connectivity index (χ2v) is 7.82. The maximum absolute atomic E-state index is 13.1. The van der Waals surface area contributed by atoms with Crippen molar-refractivity contribution in [2.45, 2.75) is 32.3 Å². The third-order valence-corrected chi connectivity index (χ3v) is 5.60. The monoisotopic (exact) mass is 423 g/mol. The summed E-state index contributed by atoms with van der Waals surface area (Å²) in [5.74, 6) is 1.10. The standard InChI is InChI=1S/C24H29N3O4/c1-2-30-20-12-6-4-10-18(20)25-23(28)17-27-16-22(24(29)26-14-8-3-9-15-26)31-21-13-7-5-11-19(21)27/h4-7,10-13,22H,2-3,8-9,14-17H2,1H3,(H,25,28). The highest BCUT2D eigenvalue weighted by molar-refractivity contribution is 5.96. The summed E-state index contributed by atoms with van der Waals surface area (Å²) < 4.78 is 11.6. The lowest BCUT2D eigenvalue weighted by molar-refractivity contribution is -0.139. The van der Waals surface area contributed by atoms with Crippen molar-refractivity contribution < 1.29 is 19.1 Å². The molecule has 7 heteroatoms. The SMILES string of the molecule is CCOc1ccccc1NC(=O)CN1CC(C(=O)N2CCCCC2)Oc2ccccc21. The number of carbonyl (C=O) groups is 2. The van der Waals surface area contributed by atoms with E-state index in [9.17, 15) is 9.59 Å². The van der Waals surface area contributed by atoms with Crippen LogP contribution in [-0.4, -0.2) is 55.6 Å². The molecular formula is C24H29N3O4. The Morgan fingerprint density at radius 1 is 1.06 bits per heavy atom. The molecule has 1 saturated heterocycles. The van der Waals surface area contributed by atoms with Gasteiger partial charge in [-0.25, -0.2) is 0 Å². The minimum Gasteiger partial charge on any atom is -0.492 e. The molecule has 0 radical (unpaired) electrons. The zero-order chi connectivity index (χ0) is 21.6. The number of hydrogen-bond acceptors (Lipinski definition) is 5. The number of hydrogen-bond donors (Lipinski definition) is 1. The van der Waals surface area contributed by atoms with Crippen LogP contribution in [0.2, 0.25) is 0 Å². The molecule has 1 unspecified atom stereocenters. The van der Waals surface area contributed by atoms with Gasteiger partial charge in [0.2, 0.25) is 5.91 Å². The Hall–Kier alpha value is -3.22. The number of likely N-dealkylation sites (tertiary alicyclic amines) is 1. The third kappa shape index (κ3) is 4.93. The van der Waals surface area contributed by atoms with E-state index in [1.807, 2.05) is 65.3 Å². The fraction of sp³-hybridized carbons (Fsp3) is 0.417. The molecule has 7 nitrogen and oxygen atoms in total. The van der Waals surface area contributed by atoms with Crippen LogP contribution >= 0.6 is 0 Å². The quantitative estimate of drug-likeness (QED) is 0.772. The highest BCUT2D eigenvalue weighted by Gasteiger charge is 2.34. The summed E-state index contributed by atoms with van der Waals surface area (Å²) in [6.45, 7) is 4.42. The van der Waals surface area contributed by atoms with E-state index in [4.69, 9.17) is 9.47 Å². The highest BCUT2D eigenvalue weighted by atomic mass is 16.5. The number of rotatable bonds is 6. The van der Waals surface area contributed by atoms with Crippen LogP contribution in [0.5, 0.6) is 11.5 Å². The molecule has 0 bridgehead atoms. The summed E-state index contributed by atoms with van der Waals surface area (Å²) in [6.07, 6.45) is 2.60. The largest absolute Gasteiger partial charge is 0.492 e. The van der Waals surface area contributed by atoms with Gasteiger partial charge in [-0.15, -0.1) is 0 Å². The van der Waals surface area contributed by atoms with Crippen molar-refractivity contribution in [3.8, 4) is 11.5 Å². The summed E-state index contributed by atoms with van der Waals surface area (Å²) >= 11 is 0. The van der Waals surface area contributed by atoms with Gasteiger partial charge in [0, 0.05) is 13.1 Å². The number of benzene rings is 2. The Labute approximate surface area is 182 Å². The molecule has 4 rings (SSSR count). The molecule has 2 amide bonds. The summed E-state index contributed by atoms with van der Waals surface area (Å²) in [4.78, 5) is 29.7. The van der Waals surface area contributed by atoms with Crippen LogP contribution < -0.4 is 19.7 Å². The smallest absolute Gasteiger partial charge is 0.265 e. The highest BCUT2D eigenvalue weighted by Crippen LogP contribution is 2.34. The van der Waals surface area contributed by atoms with Gasteiger partial charge in [0.15, 0.2) is 6.10 Å². The summed E-state index contributed by atoms with van der Waals surface area (Å²) in [7, 11) is 0. The van der Waals surface area contributed by atoms with Crippen molar-refractivity contribution in [1.29, 1.82) is 0 Å². The number of ether oxygens (including phenoxy) is 2. The number of fused-ring (bicyclic) bond motifs is 1. The van der Waals surface area contributed by atoms with Gasteiger partial charge >= 0.3 is 0 Å². The first-order chi connectivity index (χ1) is 15.2.